The van der Waals surface area contributed by atoms with Crippen LogP contribution in [0.1, 0.15) is 29.7 Å². The van der Waals surface area contributed by atoms with Crippen molar-refractivity contribution in [2.24, 2.45) is 5.73 Å². The van der Waals surface area contributed by atoms with Crippen molar-refractivity contribution in [3.05, 3.63) is 16.8 Å². The lowest BCUT2D eigenvalue weighted by molar-refractivity contribution is 0.252. The predicted molar refractivity (Wildman–Crippen MR) is 86.3 cm³/mol. The van der Waals surface area contributed by atoms with Crippen molar-refractivity contribution in [3.63, 3.8) is 0 Å². The minimum atomic E-state index is 0.398. The zero-order valence-corrected chi connectivity index (χ0v) is 13.5. The van der Waals surface area contributed by atoms with E-state index in [0.717, 1.165) is 48.6 Å². The Hall–Kier alpha value is -1.27. The zero-order valence-electron chi connectivity index (χ0n) is 12.7. The maximum absolute atomic E-state index is 5.90. The normalized spacial score (nSPS) is 17.2. The molecule has 2 N–H and O–H groups in total. The van der Waals surface area contributed by atoms with Crippen molar-refractivity contribution in [2.45, 2.75) is 32.7 Å². The van der Waals surface area contributed by atoms with Gasteiger partial charge in [0, 0.05) is 13.1 Å². The third kappa shape index (κ3) is 2.91. The van der Waals surface area contributed by atoms with Gasteiger partial charge in [-0.1, -0.05) is 12.2 Å². The molecule has 20 heavy (non-hydrogen) atoms. The molecule has 2 heterocycles. The van der Waals surface area contributed by atoms with E-state index in [1.807, 2.05) is 13.8 Å². The maximum atomic E-state index is 5.90. The first kappa shape index (κ1) is 15.1. The summed E-state index contributed by atoms with van der Waals surface area (Å²) in [4.78, 5) is 4.95. The topological polar surface area (TPSA) is 58.3 Å². The molecule has 0 atom stereocenters. The third-order valence-electron chi connectivity index (χ3n) is 4.25. The van der Waals surface area contributed by atoms with Crippen molar-refractivity contribution in [1.29, 1.82) is 0 Å². The summed E-state index contributed by atoms with van der Waals surface area (Å²) in [5, 5.41) is 8.58. The van der Waals surface area contributed by atoms with Crippen LogP contribution in [0.5, 0.6) is 0 Å². The second-order valence-corrected chi connectivity index (χ2v) is 6.06. The molecule has 110 valence electrons. The van der Waals surface area contributed by atoms with Crippen molar-refractivity contribution in [2.75, 3.05) is 32.1 Å². The third-order valence-corrected chi connectivity index (χ3v) is 4.46. The van der Waals surface area contributed by atoms with E-state index in [9.17, 15) is 0 Å². The Morgan fingerprint density at radius 3 is 2.45 bits per heavy atom. The molecule has 1 aliphatic heterocycles. The number of aromatic nitrogens is 2. The van der Waals surface area contributed by atoms with Crippen molar-refractivity contribution in [1.82, 2.24) is 15.1 Å². The molecule has 0 bridgehead atoms. The molecule has 1 fully saturated rings. The molecule has 1 aliphatic rings. The Labute approximate surface area is 126 Å². The molecule has 0 unspecified atom stereocenters. The molecule has 0 amide bonds. The van der Waals surface area contributed by atoms with Crippen molar-refractivity contribution < 1.29 is 0 Å². The van der Waals surface area contributed by atoms with Crippen LogP contribution in [0.3, 0.4) is 0 Å². The first-order valence-corrected chi connectivity index (χ1v) is 7.37. The van der Waals surface area contributed by atoms with Crippen LogP contribution in [0.2, 0.25) is 0 Å². The first-order chi connectivity index (χ1) is 9.41. The number of likely N-dealkylation sites (tertiary alicyclic amines) is 1. The predicted octanol–water partition coefficient (Wildman–Crippen LogP) is 1.26. The minimum Gasteiger partial charge on any atom is -0.389 e. The molecule has 0 aliphatic carbocycles. The summed E-state index contributed by atoms with van der Waals surface area (Å²) in [6.45, 7) is 6.15. The van der Waals surface area contributed by atoms with E-state index >= 15 is 0 Å². The van der Waals surface area contributed by atoms with Crippen LogP contribution in [0.25, 0.3) is 0 Å². The summed E-state index contributed by atoms with van der Waals surface area (Å²) < 4.78 is 0. The molecule has 6 heteroatoms. The van der Waals surface area contributed by atoms with Crippen LogP contribution in [0.15, 0.2) is 0 Å². The van der Waals surface area contributed by atoms with Gasteiger partial charge in [0.15, 0.2) is 5.82 Å². The Balaban J connectivity index is 2.32. The monoisotopic (exact) mass is 293 g/mol. The molecule has 0 saturated carbocycles. The fourth-order valence-corrected chi connectivity index (χ4v) is 2.94. The number of rotatable bonds is 3. The van der Waals surface area contributed by atoms with E-state index in [1.165, 1.54) is 0 Å². The highest BCUT2D eigenvalue weighted by Gasteiger charge is 2.25. The summed E-state index contributed by atoms with van der Waals surface area (Å²) in [6.07, 6.45) is 2.25. The number of anilines is 1. The van der Waals surface area contributed by atoms with Crippen molar-refractivity contribution >= 4 is 23.0 Å². The van der Waals surface area contributed by atoms with Gasteiger partial charge in [0.05, 0.1) is 11.3 Å². The van der Waals surface area contributed by atoms with Crippen molar-refractivity contribution in [3.8, 4) is 0 Å². The largest absolute Gasteiger partial charge is 0.389 e. The van der Waals surface area contributed by atoms with Gasteiger partial charge in [-0.15, -0.1) is 5.10 Å². The van der Waals surface area contributed by atoms with Crippen LogP contribution in [-0.4, -0.2) is 53.3 Å². The standard InChI is InChI=1S/C14H23N5S/c1-9-10(2)16-17-14(12(9)13(15)20)19(4)11-5-7-18(3)8-6-11/h11H,5-8H2,1-4H3,(H2,15,20). The lowest BCUT2D eigenvalue weighted by atomic mass is 10.0. The van der Waals surface area contributed by atoms with E-state index in [4.69, 9.17) is 18.0 Å². The Kier molecular flexibility index (Phi) is 4.55. The highest BCUT2D eigenvalue weighted by Crippen LogP contribution is 2.25. The molecule has 0 spiro atoms. The lowest BCUT2D eigenvalue weighted by Crippen LogP contribution is -2.43. The number of thiocarbonyl (C=S) groups is 1. The fraction of sp³-hybridized carbons (Fsp3) is 0.643. The van der Waals surface area contributed by atoms with Gasteiger partial charge in [0.1, 0.15) is 4.99 Å². The van der Waals surface area contributed by atoms with E-state index in [1.54, 1.807) is 0 Å². The average molecular weight is 293 g/mol. The van der Waals surface area contributed by atoms with Crippen LogP contribution in [-0.2, 0) is 0 Å². The number of hydrogen-bond donors (Lipinski definition) is 1. The summed E-state index contributed by atoms with van der Waals surface area (Å²) in [5.74, 6) is 0.815. The molecule has 5 nitrogen and oxygen atoms in total. The van der Waals surface area contributed by atoms with Gasteiger partial charge in [-0.05, 0) is 52.4 Å². The number of piperidine rings is 1. The number of aryl methyl sites for hydroxylation is 1. The van der Waals surface area contributed by atoms with E-state index in [0.29, 0.717) is 11.0 Å². The second kappa shape index (κ2) is 6.01. The van der Waals surface area contributed by atoms with Gasteiger partial charge in [-0.2, -0.15) is 5.10 Å². The molecule has 0 radical (unpaired) electrons. The lowest BCUT2D eigenvalue weighted by Gasteiger charge is -2.36. The first-order valence-electron chi connectivity index (χ1n) is 6.97. The Morgan fingerprint density at radius 1 is 1.30 bits per heavy atom. The highest BCUT2D eigenvalue weighted by atomic mass is 32.1. The molecule has 1 saturated heterocycles. The van der Waals surface area contributed by atoms with E-state index in [2.05, 4.69) is 34.1 Å². The molecular weight excluding hydrogens is 270 g/mol. The smallest absolute Gasteiger partial charge is 0.161 e. The molecule has 1 aromatic rings. The fourth-order valence-electron chi connectivity index (χ4n) is 2.69. The van der Waals surface area contributed by atoms with Gasteiger partial charge in [0.2, 0.25) is 0 Å². The summed E-state index contributed by atoms with van der Waals surface area (Å²) >= 11 is 5.21. The number of nitrogens with two attached hydrogens (primary N) is 1. The molecule has 2 rings (SSSR count). The highest BCUT2D eigenvalue weighted by molar-refractivity contribution is 7.80. The summed E-state index contributed by atoms with van der Waals surface area (Å²) in [6, 6.07) is 0.468. The molecule has 1 aromatic heterocycles. The van der Waals surface area contributed by atoms with Crippen LogP contribution in [0.4, 0.5) is 5.82 Å². The molecule has 0 aromatic carbocycles. The summed E-state index contributed by atoms with van der Waals surface area (Å²) in [5.41, 5.74) is 8.68. The zero-order chi connectivity index (χ0) is 14.9. The van der Waals surface area contributed by atoms with Gasteiger partial charge >= 0.3 is 0 Å². The number of nitrogens with zero attached hydrogens (tertiary/aromatic N) is 4. The molecular formula is C14H23N5S. The minimum absolute atomic E-state index is 0.398. The van der Waals surface area contributed by atoms with E-state index < -0.39 is 0 Å². The number of hydrogen-bond acceptors (Lipinski definition) is 5. The second-order valence-electron chi connectivity index (χ2n) is 5.62. The average Bonchev–Trinajstić information content (AvgIpc) is 2.41. The Bertz CT molecular complexity index is 509. The summed E-state index contributed by atoms with van der Waals surface area (Å²) in [7, 11) is 4.23. The van der Waals surface area contributed by atoms with Gasteiger partial charge < -0.3 is 15.5 Å². The van der Waals surface area contributed by atoms with Crippen LogP contribution < -0.4 is 10.6 Å². The van der Waals surface area contributed by atoms with Crippen LogP contribution in [0, 0.1) is 13.8 Å². The SMILES string of the molecule is Cc1nnc(N(C)C2CCN(C)CC2)c(C(N)=S)c1C. The van der Waals surface area contributed by atoms with Gasteiger partial charge in [-0.25, -0.2) is 0 Å². The maximum Gasteiger partial charge on any atom is 0.161 e. The Morgan fingerprint density at radius 2 is 1.90 bits per heavy atom. The van der Waals surface area contributed by atoms with Gasteiger partial charge in [-0.3, -0.25) is 0 Å². The van der Waals surface area contributed by atoms with E-state index in [-0.39, 0.29) is 0 Å². The van der Waals surface area contributed by atoms with Gasteiger partial charge in [0.25, 0.3) is 0 Å². The van der Waals surface area contributed by atoms with Crippen LogP contribution >= 0.6 is 12.2 Å². The quantitative estimate of drug-likeness (QED) is 0.847.